The third kappa shape index (κ3) is 6.11. The minimum absolute atomic E-state index is 0.342. The fourth-order valence-corrected chi connectivity index (χ4v) is 2.83. The molecule has 1 rings (SSSR count). The molecule has 2 unspecified atom stereocenters. The number of nitrogens with one attached hydrogen (secondary N) is 1. The molecule has 0 aromatic carbocycles. The summed E-state index contributed by atoms with van der Waals surface area (Å²) in [6.45, 7) is 16.9. The zero-order chi connectivity index (χ0) is 15.0. The third-order valence-electron chi connectivity index (χ3n) is 4.43. The van der Waals surface area contributed by atoms with Crippen LogP contribution in [-0.4, -0.2) is 49.8 Å². The Kier molecular flexibility index (Phi) is 8.08. The summed E-state index contributed by atoms with van der Waals surface area (Å²) in [7, 11) is 0. The van der Waals surface area contributed by atoms with E-state index in [1.165, 1.54) is 32.4 Å². The van der Waals surface area contributed by atoms with E-state index < -0.39 is 0 Å². The first-order valence-electron chi connectivity index (χ1n) is 8.54. The molecule has 0 aromatic rings. The zero-order valence-electron chi connectivity index (χ0n) is 14.4. The predicted octanol–water partition coefficient (Wildman–Crippen LogP) is 3.29. The molecule has 1 fully saturated rings. The van der Waals surface area contributed by atoms with Crippen LogP contribution in [0.3, 0.4) is 0 Å². The molecule has 2 atom stereocenters. The second kappa shape index (κ2) is 9.01. The maximum atomic E-state index is 5.69. The lowest BCUT2D eigenvalue weighted by molar-refractivity contribution is 0.0664. The molecule has 0 saturated carbocycles. The van der Waals surface area contributed by atoms with Crippen LogP contribution in [0.25, 0.3) is 0 Å². The van der Waals surface area contributed by atoms with Crippen molar-refractivity contribution in [3.05, 3.63) is 0 Å². The van der Waals surface area contributed by atoms with Crippen LogP contribution in [0, 0.1) is 5.41 Å². The highest BCUT2D eigenvalue weighted by atomic mass is 16.5. The van der Waals surface area contributed by atoms with Crippen molar-refractivity contribution in [3.63, 3.8) is 0 Å². The van der Waals surface area contributed by atoms with Gasteiger partial charge in [0.25, 0.3) is 0 Å². The van der Waals surface area contributed by atoms with Gasteiger partial charge in [-0.1, -0.05) is 41.0 Å². The summed E-state index contributed by atoms with van der Waals surface area (Å²) in [5.74, 6) is 0. The predicted molar refractivity (Wildman–Crippen MR) is 87.2 cm³/mol. The van der Waals surface area contributed by atoms with Gasteiger partial charge >= 0.3 is 0 Å². The van der Waals surface area contributed by atoms with Gasteiger partial charge in [0.15, 0.2) is 0 Å². The van der Waals surface area contributed by atoms with Crippen molar-refractivity contribution < 1.29 is 4.74 Å². The summed E-state index contributed by atoms with van der Waals surface area (Å²) in [5, 5.41) is 3.74. The molecule has 0 aromatic heterocycles. The average Bonchev–Trinajstić information content (AvgIpc) is 2.41. The summed E-state index contributed by atoms with van der Waals surface area (Å²) >= 11 is 0. The van der Waals surface area contributed by atoms with Crippen LogP contribution in [0.4, 0.5) is 0 Å². The molecule has 1 aliphatic heterocycles. The normalized spacial score (nSPS) is 25.1. The van der Waals surface area contributed by atoms with E-state index in [0.717, 1.165) is 26.2 Å². The Morgan fingerprint density at radius 2 is 1.85 bits per heavy atom. The number of ether oxygens (including phenoxy) is 1. The van der Waals surface area contributed by atoms with E-state index in [9.17, 15) is 0 Å². The smallest absolute Gasteiger partial charge is 0.0478 e. The van der Waals surface area contributed by atoms with Crippen molar-refractivity contribution >= 4 is 0 Å². The van der Waals surface area contributed by atoms with E-state index in [1.807, 2.05) is 0 Å². The molecule has 3 nitrogen and oxygen atoms in total. The number of hydrogen-bond acceptors (Lipinski definition) is 3. The molecule has 1 heterocycles. The highest BCUT2D eigenvalue weighted by Crippen LogP contribution is 2.24. The summed E-state index contributed by atoms with van der Waals surface area (Å²) in [4.78, 5) is 2.68. The molecule has 120 valence electrons. The molecule has 1 aliphatic rings. The van der Waals surface area contributed by atoms with Gasteiger partial charge in [-0.2, -0.15) is 0 Å². The molecule has 0 radical (unpaired) electrons. The first kappa shape index (κ1) is 17.9. The molecule has 3 heteroatoms. The summed E-state index contributed by atoms with van der Waals surface area (Å²) in [6.07, 6.45) is 4.82. The van der Waals surface area contributed by atoms with E-state index in [4.69, 9.17) is 4.74 Å². The molecular formula is C17H36N2O. The monoisotopic (exact) mass is 284 g/mol. The van der Waals surface area contributed by atoms with Crippen LogP contribution in [0.15, 0.2) is 0 Å². The van der Waals surface area contributed by atoms with Gasteiger partial charge in [0.1, 0.15) is 0 Å². The Morgan fingerprint density at radius 3 is 2.45 bits per heavy atom. The number of piperazine rings is 1. The molecule has 20 heavy (non-hydrogen) atoms. The maximum Gasteiger partial charge on any atom is 0.0478 e. The van der Waals surface area contributed by atoms with Gasteiger partial charge in [0, 0.05) is 44.9 Å². The number of unbranched alkanes of at least 4 members (excludes halogenated alkanes) is 1. The number of hydrogen-bond donors (Lipinski definition) is 1. The summed E-state index contributed by atoms with van der Waals surface area (Å²) < 4.78 is 5.69. The zero-order valence-corrected chi connectivity index (χ0v) is 14.4. The second-order valence-corrected chi connectivity index (χ2v) is 7.20. The van der Waals surface area contributed by atoms with Crippen LogP contribution in [0.2, 0.25) is 0 Å². The number of nitrogens with zero attached hydrogens (tertiary/aromatic N) is 1. The standard InChI is InChI=1S/C17H36N2O/c1-6-8-11-20-12-9-10-19-14-16(17(3,4)5)18-13-15(19)7-2/h15-16,18H,6-14H2,1-5H3. The first-order valence-corrected chi connectivity index (χ1v) is 8.54. The molecule has 1 saturated heterocycles. The lowest BCUT2D eigenvalue weighted by Crippen LogP contribution is -2.60. The van der Waals surface area contributed by atoms with Crippen molar-refractivity contribution in [3.8, 4) is 0 Å². The van der Waals surface area contributed by atoms with Gasteiger partial charge in [-0.15, -0.1) is 0 Å². The first-order chi connectivity index (χ1) is 9.49. The minimum Gasteiger partial charge on any atom is -0.381 e. The molecule has 1 N–H and O–H groups in total. The Balaban J connectivity index is 2.31. The SMILES string of the molecule is CCCCOCCCN1CC(C(C)(C)C)NCC1CC. The highest BCUT2D eigenvalue weighted by Gasteiger charge is 2.32. The molecule has 0 bridgehead atoms. The molecular weight excluding hydrogens is 248 g/mol. The van der Waals surface area contributed by atoms with Gasteiger partial charge in [-0.05, 0) is 24.7 Å². The largest absolute Gasteiger partial charge is 0.381 e. The van der Waals surface area contributed by atoms with Crippen molar-refractivity contribution in [1.82, 2.24) is 10.2 Å². The van der Waals surface area contributed by atoms with Gasteiger partial charge in [-0.25, -0.2) is 0 Å². The quantitative estimate of drug-likeness (QED) is 0.692. The Morgan fingerprint density at radius 1 is 1.15 bits per heavy atom. The van der Waals surface area contributed by atoms with Crippen LogP contribution in [0.1, 0.15) is 60.3 Å². The van der Waals surface area contributed by atoms with Gasteiger partial charge < -0.3 is 10.1 Å². The fraction of sp³-hybridized carbons (Fsp3) is 1.00. The van der Waals surface area contributed by atoms with Gasteiger partial charge in [0.2, 0.25) is 0 Å². The van der Waals surface area contributed by atoms with E-state index >= 15 is 0 Å². The van der Waals surface area contributed by atoms with E-state index in [1.54, 1.807) is 0 Å². The van der Waals surface area contributed by atoms with Crippen molar-refractivity contribution in [2.45, 2.75) is 72.4 Å². The van der Waals surface area contributed by atoms with Crippen LogP contribution < -0.4 is 5.32 Å². The molecule has 0 aliphatic carbocycles. The fourth-order valence-electron chi connectivity index (χ4n) is 2.83. The second-order valence-electron chi connectivity index (χ2n) is 7.20. The summed E-state index contributed by atoms with van der Waals surface area (Å²) in [6, 6.07) is 1.30. The molecule has 0 amide bonds. The van der Waals surface area contributed by atoms with Crippen molar-refractivity contribution in [1.29, 1.82) is 0 Å². The Hall–Kier alpha value is -0.120. The average molecular weight is 284 g/mol. The van der Waals surface area contributed by atoms with Gasteiger partial charge in [0.05, 0.1) is 0 Å². The van der Waals surface area contributed by atoms with Crippen molar-refractivity contribution in [2.75, 3.05) is 32.8 Å². The topological polar surface area (TPSA) is 24.5 Å². The van der Waals surface area contributed by atoms with Crippen LogP contribution in [-0.2, 0) is 4.74 Å². The molecule has 0 spiro atoms. The van der Waals surface area contributed by atoms with E-state index in [2.05, 4.69) is 44.8 Å². The lowest BCUT2D eigenvalue weighted by Gasteiger charge is -2.45. The minimum atomic E-state index is 0.342. The van der Waals surface area contributed by atoms with E-state index in [-0.39, 0.29) is 0 Å². The Labute approximate surface area is 126 Å². The summed E-state index contributed by atoms with van der Waals surface area (Å²) in [5.41, 5.74) is 0.342. The van der Waals surface area contributed by atoms with Crippen LogP contribution in [0.5, 0.6) is 0 Å². The lowest BCUT2D eigenvalue weighted by atomic mass is 9.84. The highest BCUT2D eigenvalue weighted by molar-refractivity contribution is 4.91. The number of rotatable bonds is 8. The van der Waals surface area contributed by atoms with Crippen molar-refractivity contribution in [2.24, 2.45) is 5.41 Å². The van der Waals surface area contributed by atoms with E-state index in [0.29, 0.717) is 17.5 Å². The maximum absolute atomic E-state index is 5.69. The van der Waals surface area contributed by atoms with Crippen LogP contribution >= 0.6 is 0 Å². The van der Waals surface area contributed by atoms with Gasteiger partial charge in [-0.3, -0.25) is 4.90 Å². The Bertz CT molecular complexity index is 250. The third-order valence-corrected chi connectivity index (χ3v) is 4.43.